The van der Waals surface area contributed by atoms with Gasteiger partial charge in [-0.25, -0.2) is 4.68 Å². The maximum atomic E-state index is 12.2. The van der Waals surface area contributed by atoms with Crippen molar-refractivity contribution in [3.05, 3.63) is 40.7 Å². The second-order valence-corrected chi connectivity index (χ2v) is 5.18. The number of benzene rings is 1. The molecule has 0 radical (unpaired) electrons. The molecule has 2 rings (SSSR count). The van der Waals surface area contributed by atoms with Gasteiger partial charge in [0.15, 0.2) is 5.69 Å². The monoisotopic (exact) mass is 343 g/mol. The Morgan fingerprint density at radius 3 is 2.82 bits per heavy atom. The predicted octanol–water partition coefficient (Wildman–Crippen LogP) is 1.98. The van der Waals surface area contributed by atoms with Crippen LogP contribution < -0.4 is 11.1 Å². The van der Waals surface area contributed by atoms with Crippen molar-refractivity contribution in [1.82, 2.24) is 20.3 Å². The van der Waals surface area contributed by atoms with Crippen molar-refractivity contribution in [1.29, 1.82) is 0 Å². The van der Waals surface area contributed by atoms with Crippen molar-refractivity contribution in [2.24, 2.45) is 5.73 Å². The zero-order valence-electron chi connectivity index (χ0n) is 12.4. The average Bonchev–Trinajstić information content (AvgIpc) is 2.90. The van der Waals surface area contributed by atoms with Crippen molar-refractivity contribution in [2.75, 3.05) is 6.54 Å². The third kappa shape index (κ3) is 3.97. The van der Waals surface area contributed by atoms with E-state index in [4.69, 9.17) is 17.3 Å². The molecule has 120 valence electrons. The van der Waals surface area contributed by atoms with Crippen LogP contribution in [0.15, 0.2) is 24.3 Å². The number of rotatable bonds is 5. The second-order valence-electron chi connectivity index (χ2n) is 4.74. The van der Waals surface area contributed by atoms with Crippen LogP contribution in [0.25, 0.3) is 5.69 Å². The van der Waals surface area contributed by atoms with E-state index in [0.29, 0.717) is 23.7 Å². The smallest absolute Gasteiger partial charge is 0.274 e. The fourth-order valence-corrected chi connectivity index (χ4v) is 2.15. The Balaban J connectivity index is 0.00000242. The first-order valence-electron chi connectivity index (χ1n) is 6.78. The second kappa shape index (κ2) is 8.12. The van der Waals surface area contributed by atoms with Crippen LogP contribution in [-0.2, 0) is 6.42 Å². The predicted molar refractivity (Wildman–Crippen MR) is 89.0 cm³/mol. The Kier molecular flexibility index (Phi) is 6.80. The summed E-state index contributed by atoms with van der Waals surface area (Å²) >= 11 is 5.99. The minimum Gasteiger partial charge on any atom is -0.347 e. The number of carbonyl (C=O) groups excluding carboxylic acids is 1. The first kappa shape index (κ1) is 18.4. The number of nitrogens with zero attached hydrogens (tertiary/aromatic N) is 3. The van der Waals surface area contributed by atoms with Crippen LogP contribution in [-0.4, -0.2) is 33.5 Å². The lowest BCUT2D eigenvalue weighted by Crippen LogP contribution is -2.38. The highest BCUT2D eigenvalue weighted by atomic mass is 35.5. The molecule has 0 saturated heterocycles. The summed E-state index contributed by atoms with van der Waals surface area (Å²) in [4.78, 5) is 12.2. The lowest BCUT2D eigenvalue weighted by molar-refractivity contribution is 0.0935. The first-order valence-corrected chi connectivity index (χ1v) is 7.16. The van der Waals surface area contributed by atoms with Crippen molar-refractivity contribution in [3.63, 3.8) is 0 Å². The molecule has 0 bridgehead atoms. The van der Waals surface area contributed by atoms with Crippen molar-refractivity contribution < 1.29 is 4.79 Å². The quantitative estimate of drug-likeness (QED) is 0.869. The molecular formula is C14H19Cl2N5O. The van der Waals surface area contributed by atoms with E-state index in [9.17, 15) is 4.79 Å². The van der Waals surface area contributed by atoms with Gasteiger partial charge in [0.1, 0.15) is 0 Å². The average molecular weight is 344 g/mol. The maximum Gasteiger partial charge on any atom is 0.274 e. The summed E-state index contributed by atoms with van der Waals surface area (Å²) in [6.45, 7) is 4.16. The van der Waals surface area contributed by atoms with Crippen molar-refractivity contribution >= 4 is 29.9 Å². The van der Waals surface area contributed by atoms with Crippen LogP contribution >= 0.6 is 24.0 Å². The number of carbonyl (C=O) groups is 1. The third-order valence-corrected chi connectivity index (χ3v) is 3.33. The molecule has 22 heavy (non-hydrogen) atoms. The highest BCUT2D eigenvalue weighted by molar-refractivity contribution is 6.30. The van der Waals surface area contributed by atoms with Crippen LogP contribution in [0.4, 0.5) is 0 Å². The zero-order chi connectivity index (χ0) is 15.4. The molecule has 1 atom stereocenters. The van der Waals surface area contributed by atoms with Gasteiger partial charge in [-0.2, -0.15) is 0 Å². The first-order chi connectivity index (χ1) is 10.1. The van der Waals surface area contributed by atoms with E-state index < -0.39 is 0 Å². The minimum absolute atomic E-state index is 0. The Morgan fingerprint density at radius 2 is 2.23 bits per heavy atom. The Bertz CT molecular complexity index is 644. The molecule has 3 N–H and O–H groups in total. The molecular weight excluding hydrogens is 325 g/mol. The van der Waals surface area contributed by atoms with Gasteiger partial charge in [-0.05, 0) is 31.5 Å². The largest absolute Gasteiger partial charge is 0.347 e. The van der Waals surface area contributed by atoms with Gasteiger partial charge < -0.3 is 11.1 Å². The molecule has 0 fully saturated rings. The van der Waals surface area contributed by atoms with E-state index in [2.05, 4.69) is 15.6 Å². The van der Waals surface area contributed by atoms with Crippen LogP contribution in [0.1, 0.15) is 30.0 Å². The van der Waals surface area contributed by atoms with Gasteiger partial charge in [0.2, 0.25) is 0 Å². The molecule has 6 nitrogen and oxygen atoms in total. The molecule has 1 heterocycles. The van der Waals surface area contributed by atoms with E-state index in [-0.39, 0.29) is 24.4 Å². The van der Waals surface area contributed by atoms with Crippen molar-refractivity contribution in [3.8, 4) is 5.69 Å². The summed E-state index contributed by atoms with van der Waals surface area (Å²) in [6.07, 6.45) is 0.624. The summed E-state index contributed by atoms with van der Waals surface area (Å²) in [5.74, 6) is -0.266. The molecule has 0 aliphatic rings. The van der Waals surface area contributed by atoms with Gasteiger partial charge in [0.05, 0.1) is 11.4 Å². The number of hydrogen-bond acceptors (Lipinski definition) is 4. The van der Waals surface area contributed by atoms with Gasteiger partial charge in [-0.1, -0.05) is 29.8 Å². The molecule has 0 aliphatic heterocycles. The molecule has 0 saturated carbocycles. The molecule has 2 aromatic rings. The van der Waals surface area contributed by atoms with E-state index in [1.54, 1.807) is 16.8 Å². The number of nitrogens with one attached hydrogen (secondary N) is 1. The van der Waals surface area contributed by atoms with Gasteiger partial charge in [-0.15, -0.1) is 17.5 Å². The molecule has 1 aromatic heterocycles. The summed E-state index contributed by atoms with van der Waals surface area (Å²) in [5, 5.41) is 11.5. The highest BCUT2D eigenvalue weighted by Crippen LogP contribution is 2.17. The highest BCUT2D eigenvalue weighted by Gasteiger charge is 2.20. The molecule has 0 unspecified atom stereocenters. The Hall–Kier alpha value is -1.63. The maximum absolute atomic E-state index is 12.2. The number of hydrogen-bond donors (Lipinski definition) is 2. The summed E-state index contributed by atoms with van der Waals surface area (Å²) < 4.78 is 1.63. The Morgan fingerprint density at radius 1 is 1.50 bits per heavy atom. The SMILES string of the molecule is CCc1c(C(=O)N[C@@H](C)CN)nnn1-c1cccc(Cl)c1.Cl. The van der Waals surface area contributed by atoms with Gasteiger partial charge in [0.25, 0.3) is 5.91 Å². The van der Waals surface area contributed by atoms with Crippen molar-refractivity contribution in [2.45, 2.75) is 26.3 Å². The van der Waals surface area contributed by atoms with Crippen LogP contribution in [0.2, 0.25) is 5.02 Å². The molecule has 0 aliphatic carbocycles. The third-order valence-electron chi connectivity index (χ3n) is 3.10. The van der Waals surface area contributed by atoms with Crippen LogP contribution in [0.5, 0.6) is 0 Å². The summed E-state index contributed by atoms with van der Waals surface area (Å²) in [6, 6.07) is 7.14. The standard InChI is InChI=1S/C14H18ClN5O.ClH/c1-3-12-13(14(21)17-9(2)8-16)18-19-20(12)11-6-4-5-10(15)7-11;/h4-7,9H,3,8,16H2,1-2H3,(H,17,21);1H/t9-;/m0./s1. The fourth-order valence-electron chi connectivity index (χ4n) is 1.96. The minimum atomic E-state index is -0.266. The van der Waals surface area contributed by atoms with Gasteiger partial charge in [-0.3, -0.25) is 4.79 Å². The van der Waals surface area contributed by atoms with E-state index >= 15 is 0 Å². The van der Waals surface area contributed by atoms with E-state index in [0.717, 1.165) is 11.4 Å². The topological polar surface area (TPSA) is 85.8 Å². The number of nitrogens with two attached hydrogens (primary N) is 1. The normalized spacial score (nSPS) is 11.6. The molecule has 1 amide bonds. The molecule has 1 aromatic carbocycles. The Labute approximate surface area is 140 Å². The number of halogens is 2. The summed E-state index contributed by atoms with van der Waals surface area (Å²) in [5.41, 5.74) is 7.34. The molecule has 8 heteroatoms. The lowest BCUT2D eigenvalue weighted by atomic mass is 10.2. The van der Waals surface area contributed by atoms with Crippen LogP contribution in [0.3, 0.4) is 0 Å². The lowest BCUT2D eigenvalue weighted by Gasteiger charge is -2.11. The molecule has 0 spiro atoms. The van der Waals surface area contributed by atoms with E-state index in [1.807, 2.05) is 26.0 Å². The fraction of sp³-hybridized carbons (Fsp3) is 0.357. The number of aromatic nitrogens is 3. The van der Waals surface area contributed by atoms with E-state index in [1.165, 1.54) is 0 Å². The summed E-state index contributed by atoms with van der Waals surface area (Å²) in [7, 11) is 0. The number of amides is 1. The van der Waals surface area contributed by atoms with Gasteiger partial charge >= 0.3 is 0 Å². The zero-order valence-corrected chi connectivity index (χ0v) is 14.0. The van der Waals surface area contributed by atoms with Gasteiger partial charge in [0, 0.05) is 17.6 Å². The van der Waals surface area contributed by atoms with Crippen LogP contribution in [0, 0.1) is 0 Å².